The zero-order valence-electron chi connectivity index (χ0n) is 19.1. The Morgan fingerprint density at radius 2 is 1.62 bits per heavy atom. The number of hydrogen-bond acceptors (Lipinski definition) is 8. The minimum atomic E-state index is -0.830. The van der Waals surface area contributed by atoms with Gasteiger partial charge in [-0.25, -0.2) is 0 Å². The van der Waals surface area contributed by atoms with E-state index in [1.165, 1.54) is 7.11 Å². The van der Waals surface area contributed by atoms with Gasteiger partial charge in [0, 0.05) is 12.1 Å². The Hall–Kier alpha value is -3.10. The van der Waals surface area contributed by atoms with Crippen molar-refractivity contribution in [1.29, 1.82) is 0 Å². The summed E-state index contributed by atoms with van der Waals surface area (Å²) in [6.45, 7) is 5.55. The van der Waals surface area contributed by atoms with Crippen LogP contribution in [0.1, 0.15) is 38.0 Å². The molecular weight excluding hydrogens is 414 g/mol. The summed E-state index contributed by atoms with van der Waals surface area (Å²) < 4.78 is 21.1. The highest BCUT2D eigenvalue weighted by Crippen LogP contribution is 2.25. The third-order valence-electron chi connectivity index (χ3n) is 4.35. The fourth-order valence-electron chi connectivity index (χ4n) is 2.91. The molecule has 0 heterocycles. The van der Waals surface area contributed by atoms with Crippen LogP contribution in [0.15, 0.2) is 42.5 Å². The molecule has 0 amide bonds. The third kappa shape index (κ3) is 8.20. The van der Waals surface area contributed by atoms with Crippen LogP contribution >= 0.6 is 0 Å². The van der Waals surface area contributed by atoms with E-state index >= 15 is 0 Å². The molecule has 2 N–H and O–H groups in total. The van der Waals surface area contributed by atoms with Gasteiger partial charge in [0.25, 0.3) is 0 Å². The Bertz CT molecular complexity index is 904. The van der Waals surface area contributed by atoms with Crippen molar-refractivity contribution in [2.24, 2.45) is 0 Å². The summed E-state index contributed by atoms with van der Waals surface area (Å²) in [7, 11) is 3.08. The minimum Gasteiger partial charge on any atom is -0.497 e. The Morgan fingerprint density at radius 3 is 2.22 bits per heavy atom. The number of carbonyl (C=O) groups excluding carboxylic acids is 2. The molecule has 0 bridgehead atoms. The van der Waals surface area contributed by atoms with Crippen molar-refractivity contribution in [3.05, 3.63) is 53.6 Å². The summed E-state index contributed by atoms with van der Waals surface area (Å²) in [6, 6.07) is 11.7. The first-order chi connectivity index (χ1) is 15.1. The van der Waals surface area contributed by atoms with E-state index in [9.17, 15) is 14.7 Å². The first kappa shape index (κ1) is 25.2. The highest BCUT2D eigenvalue weighted by Gasteiger charge is 2.17. The second-order valence-electron chi connectivity index (χ2n) is 8.13. The van der Waals surface area contributed by atoms with Crippen LogP contribution in [0.3, 0.4) is 0 Å². The second-order valence-corrected chi connectivity index (χ2v) is 8.13. The second kappa shape index (κ2) is 11.5. The summed E-state index contributed by atoms with van der Waals surface area (Å²) in [5, 5.41) is 13.2. The average molecular weight is 446 g/mol. The van der Waals surface area contributed by atoms with Crippen molar-refractivity contribution in [2.45, 2.75) is 38.9 Å². The highest BCUT2D eigenvalue weighted by atomic mass is 16.6. The van der Waals surface area contributed by atoms with Crippen LogP contribution < -0.4 is 19.5 Å². The summed E-state index contributed by atoms with van der Waals surface area (Å²) in [5.41, 5.74) is 0.721. The van der Waals surface area contributed by atoms with Crippen LogP contribution in [0.5, 0.6) is 17.2 Å². The van der Waals surface area contributed by atoms with Gasteiger partial charge in [0.2, 0.25) is 0 Å². The van der Waals surface area contributed by atoms with E-state index in [-0.39, 0.29) is 25.5 Å². The number of benzene rings is 2. The van der Waals surface area contributed by atoms with Gasteiger partial charge in [-0.15, -0.1) is 0 Å². The van der Waals surface area contributed by atoms with Gasteiger partial charge in [-0.05, 0) is 56.7 Å². The van der Waals surface area contributed by atoms with Gasteiger partial charge in [0.05, 0.1) is 33.3 Å². The molecule has 1 unspecified atom stereocenters. The lowest BCUT2D eigenvalue weighted by Gasteiger charge is -2.20. The maximum atomic E-state index is 12.4. The number of aliphatic hydroxyl groups is 1. The summed E-state index contributed by atoms with van der Waals surface area (Å²) in [4.78, 5) is 24.1. The van der Waals surface area contributed by atoms with E-state index in [4.69, 9.17) is 18.9 Å². The summed E-state index contributed by atoms with van der Waals surface area (Å²) in [6.07, 6.45) is -0.817. The van der Waals surface area contributed by atoms with Gasteiger partial charge in [-0.3, -0.25) is 9.59 Å². The fourth-order valence-corrected chi connectivity index (χ4v) is 2.91. The van der Waals surface area contributed by atoms with Crippen molar-refractivity contribution >= 4 is 11.9 Å². The Labute approximate surface area is 188 Å². The lowest BCUT2D eigenvalue weighted by Crippen LogP contribution is -2.33. The van der Waals surface area contributed by atoms with Crippen molar-refractivity contribution in [2.75, 3.05) is 27.3 Å². The van der Waals surface area contributed by atoms with E-state index in [1.54, 1.807) is 70.3 Å². The Kier molecular flexibility index (Phi) is 9.04. The highest BCUT2D eigenvalue weighted by molar-refractivity contribution is 5.76. The third-order valence-corrected chi connectivity index (χ3v) is 4.35. The smallest absolute Gasteiger partial charge is 0.320 e. The van der Waals surface area contributed by atoms with E-state index < -0.39 is 17.7 Å². The van der Waals surface area contributed by atoms with Gasteiger partial charge >= 0.3 is 11.9 Å². The number of carbonyl (C=O) groups is 2. The first-order valence-electron chi connectivity index (χ1n) is 10.2. The SMILES string of the molecule is COc1ccc(OC)c(CC(=O)Oc2ccc(C(O)CNCC(=O)OC(C)(C)C)cc2)c1. The molecule has 0 fully saturated rings. The minimum absolute atomic E-state index is 0.00222. The normalized spacial score (nSPS) is 12.1. The van der Waals surface area contributed by atoms with Crippen molar-refractivity contribution in [3.63, 3.8) is 0 Å². The molecular formula is C24H31NO7. The number of ether oxygens (including phenoxy) is 4. The predicted octanol–water partition coefficient (Wildman–Crippen LogP) is 2.82. The van der Waals surface area contributed by atoms with Crippen molar-refractivity contribution in [3.8, 4) is 17.2 Å². The quantitative estimate of drug-likeness (QED) is 0.425. The molecule has 0 aliphatic rings. The largest absolute Gasteiger partial charge is 0.497 e. The molecule has 0 saturated carbocycles. The van der Waals surface area contributed by atoms with E-state index in [0.717, 1.165) is 0 Å². The van der Waals surface area contributed by atoms with Gasteiger partial charge in [-0.2, -0.15) is 0 Å². The first-order valence-corrected chi connectivity index (χ1v) is 10.2. The summed E-state index contributed by atoms with van der Waals surface area (Å²) in [5.74, 6) is 0.699. The summed E-state index contributed by atoms with van der Waals surface area (Å²) >= 11 is 0. The molecule has 2 rings (SSSR count). The average Bonchev–Trinajstić information content (AvgIpc) is 2.72. The zero-order chi connectivity index (χ0) is 23.7. The number of hydrogen-bond donors (Lipinski definition) is 2. The number of aliphatic hydroxyl groups excluding tert-OH is 1. The molecule has 0 aromatic heterocycles. The molecule has 2 aromatic rings. The van der Waals surface area contributed by atoms with Gasteiger partial charge < -0.3 is 29.4 Å². The van der Waals surface area contributed by atoms with Crippen LogP contribution in [0, 0.1) is 0 Å². The molecule has 8 heteroatoms. The maximum Gasteiger partial charge on any atom is 0.320 e. The maximum absolute atomic E-state index is 12.4. The van der Waals surface area contributed by atoms with Crippen LogP contribution in [-0.4, -0.2) is 50.0 Å². The van der Waals surface area contributed by atoms with Crippen LogP contribution in [-0.2, 0) is 20.7 Å². The van der Waals surface area contributed by atoms with Crippen molar-refractivity contribution in [1.82, 2.24) is 5.32 Å². The molecule has 0 spiro atoms. The number of rotatable bonds is 10. The van der Waals surface area contributed by atoms with Crippen LogP contribution in [0.25, 0.3) is 0 Å². The molecule has 8 nitrogen and oxygen atoms in total. The zero-order valence-corrected chi connectivity index (χ0v) is 19.1. The molecule has 1 atom stereocenters. The number of esters is 2. The monoisotopic (exact) mass is 445 g/mol. The Balaban J connectivity index is 1.87. The lowest BCUT2D eigenvalue weighted by molar-refractivity contribution is -0.153. The van der Waals surface area contributed by atoms with E-state index in [0.29, 0.717) is 28.4 Å². The molecule has 0 aliphatic carbocycles. The van der Waals surface area contributed by atoms with Gasteiger partial charge in [-0.1, -0.05) is 12.1 Å². The molecule has 174 valence electrons. The van der Waals surface area contributed by atoms with Crippen LogP contribution in [0.2, 0.25) is 0 Å². The standard InChI is InChI=1S/C24H31NO7/c1-24(2,3)32-23(28)15-25-14-20(26)16-6-8-18(9-7-16)31-22(27)13-17-12-19(29-4)10-11-21(17)30-5/h6-12,20,25-26H,13-15H2,1-5H3. The van der Waals surface area contributed by atoms with E-state index in [2.05, 4.69) is 5.32 Å². The molecule has 32 heavy (non-hydrogen) atoms. The number of nitrogens with one attached hydrogen (secondary N) is 1. The Morgan fingerprint density at radius 1 is 0.969 bits per heavy atom. The van der Waals surface area contributed by atoms with E-state index in [1.807, 2.05) is 0 Å². The van der Waals surface area contributed by atoms with Gasteiger partial charge in [0.1, 0.15) is 22.8 Å². The van der Waals surface area contributed by atoms with Crippen molar-refractivity contribution < 1.29 is 33.6 Å². The predicted molar refractivity (Wildman–Crippen MR) is 119 cm³/mol. The van der Waals surface area contributed by atoms with Crippen LogP contribution in [0.4, 0.5) is 0 Å². The van der Waals surface area contributed by atoms with Gasteiger partial charge in [0.15, 0.2) is 0 Å². The fraction of sp³-hybridized carbons (Fsp3) is 0.417. The molecule has 0 aliphatic heterocycles. The lowest BCUT2D eigenvalue weighted by atomic mass is 10.1. The number of methoxy groups -OCH3 is 2. The molecule has 0 radical (unpaired) electrons. The molecule has 2 aromatic carbocycles. The topological polar surface area (TPSA) is 103 Å². The molecule has 0 saturated heterocycles.